The van der Waals surface area contributed by atoms with Crippen molar-refractivity contribution in [1.82, 2.24) is 0 Å². The van der Waals surface area contributed by atoms with E-state index in [2.05, 4.69) is 0 Å². The molecule has 0 saturated heterocycles. The summed E-state index contributed by atoms with van der Waals surface area (Å²) in [6.45, 7) is 1.51. The lowest BCUT2D eigenvalue weighted by atomic mass is 10.2. The fourth-order valence-corrected chi connectivity index (χ4v) is 2.01. The van der Waals surface area contributed by atoms with Crippen LogP contribution in [0.15, 0.2) is 12.1 Å². The van der Waals surface area contributed by atoms with Crippen molar-refractivity contribution in [2.75, 3.05) is 26.9 Å². The van der Waals surface area contributed by atoms with Crippen LogP contribution in [-0.2, 0) is 9.47 Å². The Morgan fingerprint density at radius 3 is 2.80 bits per heavy atom. The van der Waals surface area contributed by atoms with Crippen LogP contribution in [0.4, 0.5) is 0 Å². The van der Waals surface area contributed by atoms with Gasteiger partial charge in [-0.1, -0.05) is 11.6 Å². The molecule has 0 aliphatic carbocycles. The van der Waals surface area contributed by atoms with Gasteiger partial charge in [0.2, 0.25) is 0 Å². The molecular formula is C10H13ClO3S. The molecule has 5 heteroatoms. The van der Waals surface area contributed by atoms with Crippen molar-refractivity contribution in [3.63, 3.8) is 0 Å². The van der Waals surface area contributed by atoms with E-state index in [-0.39, 0.29) is 5.78 Å². The minimum absolute atomic E-state index is 0.0734. The van der Waals surface area contributed by atoms with E-state index >= 15 is 0 Å². The quantitative estimate of drug-likeness (QED) is 0.550. The summed E-state index contributed by atoms with van der Waals surface area (Å²) in [6, 6.07) is 3.47. The number of carbonyl (C=O) groups is 1. The van der Waals surface area contributed by atoms with Crippen LogP contribution in [0.2, 0.25) is 4.34 Å². The van der Waals surface area contributed by atoms with Gasteiger partial charge in [0.15, 0.2) is 5.78 Å². The van der Waals surface area contributed by atoms with Crippen LogP contribution < -0.4 is 0 Å². The van der Waals surface area contributed by atoms with E-state index in [1.54, 1.807) is 19.2 Å². The van der Waals surface area contributed by atoms with Gasteiger partial charge >= 0.3 is 0 Å². The largest absolute Gasteiger partial charge is 0.382 e. The Balaban J connectivity index is 2.19. The van der Waals surface area contributed by atoms with Crippen molar-refractivity contribution in [2.45, 2.75) is 6.42 Å². The topological polar surface area (TPSA) is 35.5 Å². The molecule has 1 rings (SSSR count). The Labute approximate surface area is 98.0 Å². The zero-order valence-corrected chi connectivity index (χ0v) is 10.1. The van der Waals surface area contributed by atoms with E-state index in [0.29, 0.717) is 35.5 Å². The molecule has 0 amide bonds. The molecule has 0 N–H and O–H groups in total. The van der Waals surface area contributed by atoms with Crippen molar-refractivity contribution in [2.24, 2.45) is 0 Å². The van der Waals surface area contributed by atoms with E-state index in [9.17, 15) is 4.79 Å². The summed E-state index contributed by atoms with van der Waals surface area (Å²) in [5.41, 5.74) is 0. The van der Waals surface area contributed by atoms with E-state index in [1.165, 1.54) is 11.3 Å². The Kier molecular flexibility index (Phi) is 5.86. The summed E-state index contributed by atoms with van der Waals surface area (Å²) in [5.74, 6) is 0.0734. The van der Waals surface area contributed by atoms with Crippen LogP contribution in [0.1, 0.15) is 16.1 Å². The zero-order chi connectivity index (χ0) is 11.1. The molecule has 1 aromatic heterocycles. The first kappa shape index (κ1) is 12.6. The maximum Gasteiger partial charge on any atom is 0.175 e. The van der Waals surface area contributed by atoms with Gasteiger partial charge in [-0.3, -0.25) is 4.79 Å². The highest BCUT2D eigenvalue weighted by Gasteiger charge is 2.08. The van der Waals surface area contributed by atoms with E-state index in [0.717, 1.165) is 0 Å². The van der Waals surface area contributed by atoms with Gasteiger partial charge in [0.25, 0.3) is 0 Å². The number of rotatable bonds is 7. The van der Waals surface area contributed by atoms with Gasteiger partial charge in [0.1, 0.15) is 0 Å². The van der Waals surface area contributed by atoms with Crippen molar-refractivity contribution < 1.29 is 14.3 Å². The van der Waals surface area contributed by atoms with E-state index < -0.39 is 0 Å². The Morgan fingerprint density at radius 1 is 1.40 bits per heavy atom. The third kappa shape index (κ3) is 4.75. The molecule has 0 aliphatic heterocycles. The molecule has 0 unspecified atom stereocenters. The maximum absolute atomic E-state index is 11.5. The van der Waals surface area contributed by atoms with Gasteiger partial charge in [0, 0.05) is 13.5 Å². The lowest BCUT2D eigenvalue weighted by Crippen LogP contribution is -2.07. The molecule has 0 saturated carbocycles. The van der Waals surface area contributed by atoms with Crippen LogP contribution in [0.25, 0.3) is 0 Å². The molecule has 0 aliphatic rings. The first-order valence-electron chi connectivity index (χ1n) is 4.59. The van der Waals surface area contributed by atoms with E-state index in [1.807, 2.05) is 0 Å². The molecule has 0 spiro atoms. The van der Waals surface area contributed by atoms with Crippen LogP contribution in [0, 0.1) is 0 Å². The molecular weight excluding hydrogens is 236 g/mol. The highest BCUT2D eigenvalue weighted by Crippen LogP contribution is 2.22. The average molecular weight is 249 g/mol. The van der Waals surface area contributed by atoms with Gasteiger partial charge in [0.05, 0.1) is 29.0 Å². The van der Waals surface area contributed by atoms with Crippen LogP contribution in [-0.4, -0.2) is 32.7 Å². The predicted molar refractivity (Wildman–Crippen MR) is 61.0 cm³/mol. The molecule has 0 radical (unpaired) electrons. The van der Waals surface area contributed by atoms with Gasteiger partial charge in [-0.2, -0.15) is 0 Å². The summed E-state index contributed by atoms with van der Waals surface area (Å²) >= 11 is 7.03. The zero-order valence-electron chi connectivity index (χ0n) is 8.49. The monoisotopic (exact) mass is 248 g/mol. The van der Waals surface area contributed by atoms with Crippen LogP contribution in [0.3, 0.4) is 0 Å². The molecule has 1 heterocycles. The van der Waals surface area contributed by atoms with Crippen LogP contribution in [0.5, 0.6) is 0 Å². The standard InChI is InChI=1S/C10H13ClO3S/c1-13-6-7-14-5-4-8(12)9-2-3-10(11)15-9/h2-3H,4-7H2,1H3. The van der Waals surface area contributed by atoms with Crippen LogP contribution >= 0.6 is 22.9 Å². The molecule has 3 nitrogen and oxygen atoms in total. The molecule has 84 valence electrons. The minimum Gasteiger partial charge on any atom is -0.382 e. The molecule has 15 heavy (non-hydrogen) atoms. The Bertz CT molecular complexity index is 311. The number of ether oxygens (including phenoxy) is 2. The van der Waals surface area contributed by atoms with Crippen molar-refractivity contribution in [3.05, 3.63) is 21.3 Å². The van der Waals surface area contributed by atoms with E-state index in [4.69, 9.17) is 21.1 Å². The third-order valence-electron chi connectivity index (χ3n) is 1.75. The second-order valence-corrected chi connectivity index (χ2v) is 4.60. The number of halogens is 1. The summed E-state index contributed by atoms with van der Waals surface area (Å²) < 4.78 is 10.6. The molecule has 0 atom stereocenters. The highest BCUT2D eigenvalue weighted by atomic mass is 35.5. The predicted octanol–water partition coefficient (Wildman–Crippen LogP) is 2.64. The molecule has 0 fully saturated rings. The first-order valence-corrected chi connectivity index (χ1v) is 5.78. The normalized spacial score (nSPS) is 10.5. The summed E-state index contributed by atoms with van der Waals surface area (Å²) in [7, 11) is 1.61. The maximum atomic E-state index is 11.5. The first-order chi connectivity index (χ1) is 7.24. The molecule has 1 aromatic rings. The summed E-state index contributed by atoms with van der Waals surface area (Å²) in [6.07, 6.45) is 0.389. The summed E-state index contributed by atoms with van der Waals surface area (Å²) in [4.78, 5) is 12.2. The highest BCUT2D eigenvalue weighted by molar-refractivity contribution is 7.18. The SMILES string of the molecule is COCCOCCC(=O)c1ccc(Cl)s1. The van der Waals surface area contributed by atoms with Crippen molar-refractivity contribution in [1.29, 1.82) is 0 Å². The van der Waals surface area contributed by atoms with Gasteiger partial charge < -0.3 is 9.47 Å². The Hall–Kier alpha value is -0.420. The smallest absolute Gasteiger partial charge is 0.175 e. The number of thiophene rings is 1. The van der Waals surface area contributed by atoms with Crippen molar-refractivity contribution in [3.8, 4) is 0 Å². The number of hydrogen-bond donors (Lipinski definition) is 0. The number of carbonyl (C=O) groups excluding carboxylic acids is 1. The van der Waals surface area contributed by atoms with Gasteiger partial charge in [-0.15, -0.1) is 11.3 Å². The Morgan fingerprint density at radius 2 is 2.20 bits per heavy atom. The number of hydrogen-bond acceptors (Lipinski definition) is 4. The fraction of sp³-hybridized carbons (Fsp3) is 0.500. The van der Waals surface area contributed by atoms with Gasteiger partial charge in [-0.05, 0) is 12.1 Å². The number of methoxy groups -OCH3 is 1. The average Bonchev–Trinajstić information content (AvgIpc) is 2.64. The second-order valence-electron chi connectivity index (χ2n) is 2.88. The minimum atomic E-state index is 0.0734. The lowest BCUT2D eigenvalue weighted by Gasteiger charge is -2.01. The van der Waals surface area contributed by atoms with Crippen molar-refractivity contribution >= 4 is 28.7 Å². The number of ketones is 1. The lowest BCUT2D eigenvalue weighted by molar-refractivity contribution is 0.0642. The molecule has 0 bridgehead atoms. The molecule has 0 aromatic carbocycles. The fourth-order valence-electron chi connectivity index (χ4n) is 0.997. The summed E-state index contributed by atoms with van der Waals surface area (Å²) in [5, 5.41) is 0. The number of Topliss-reactive ketones (excluding diaryl/α,β-unsaturated/α-hetero) is 1. The second kappa shape index (κ2) is 6.95. The van der Waals surface area contributed by atoms with Gasteiger partial charge in [-0.25, -0.2) is 0 Å². The third-order valence-corrected chi connectivity index (χ3v) is 3.03.